The fourth-order valence-corrected chi connectivity index (χ4v) is 2.83. The third kappa shape index (κ3) is 2.76. The predicted octanol–water partition coefficient (Wildman–Crippen LogP) is 2.16. The van der Waals surface area contributed by atoms with Gasteiger partial charge in [0.1, 0.15) is 0 Å². The second kappa shape index (κ2) is 6.19. The Kier molecular flexibility index (Phi) is 3.74. The molecule has 3 aromatic heterocycles. The molecule has 0 spiro atoms. The lowest BCUT2D eigenvalue weighted by Crippen LogP contribution is -2.28. The first-order valence-corrected chi connectivity index (χ1v) is 7.74. The van der Waals surface area contributed by atoms with Gasteiger partial charge >= 0.3 is 0 Å². The van der Waals surface area contributed by atoms with Gasteiger partial charge in [0.15, 0.2) is 0 Å². The number of pyridine rings is 2. The summed E-state index contributed by atoms with van der Waals surface area (Å²) in [6, 6.07) is 7.10. The van der Waals surface area contributed by atoms with Crippen LogP contribution in [-0.2, 0) is 0 Å². The van der Waals surface area contributed by atoms with Crippen molar-refractivity contribution in [3.05, 3.63) is 60.5 Å². The van der Waals surface area contributed by atoms with Crippen molar-refractivity contribution in [1.29, 1.82) is 0 Å². The summed E-state index contributed by atoms with van der Waals surface area (Å²) in [4.78, 5) is 22.2. The number of carbonyl (C=O) groups excluding carboxylic acids is 1. The third-order valence-electron chi connectivity index (χ3n) is 4.12. The Morgan fingerprint density at radius 2 is 1.75 bits per heavy atom. The Labute approximate surface area is 138 Å². The Morgan fingerprint density at radius 1 is 1.04 bits per heavy atom. The van der Waals surface area contributed by atoms with Crippen molar-refractivity contribution in [3.63, 3.8) is 0 Å². The molecule has 1 amide bonds. The number of carbonyl (C=O) groups is 1. The van der Waals surface area contributed by atoms with Gasteiger partial charge in [-0.05, 0) is 30.7 Å². The highest BCUT2D eigenvalue weighted by molar-refractivity contribution is 5.94. The standard InChI is InChI=1S/C17H15N5O2/c23-17(13-3-8-19-9-4-13)22-10-5-14(11-22)16-21-20-15(24-16)12-1-6-18-7-2-12/h1-4,6-9,14H,5,10-11H2/t14-/m0/s1. The van der Waals surface area contributed by atoms with Crippen LogP contribution in [0.1, 0.15) is 28.6 Å². The van der Waals surface area contributed by atoms with Crippen LogP contribution in [0.5, 0.6) is 0 Å². The maximum atomic E-state index is 12.5. The lowest BCUT2D eigenvalue weighted by Gasteiger charge is -2.15. The first-order valence-electron chi connectivity index (χ1n) is 7.74. The van der Waals surface area contributed by atoms with Crippen LogP contribution in [0.15, 0.2) is 53.5 Å². The van der Waals surface area contributed by atoms with Crippen molar-refractivity contribution in [1.82, 2.24) is 25.1 Å². The van der Waals surface area contributed by atoms with Crippen molar-refractivity contribution in [2.45, 2.75) is 12.3 Å². The molecule has 4 heterocycles. The van der Waals surface area contributed by atoms with Gasteiger partial charge in [-0.2, -0.15) is 0 Å². The molecule has 24 heavy (non-hydrogen) atoms. The largest absolute Gasteiger partial charge is 0.420 e. The molecule has 4 rings (SSSR count). The molecule has 1 atom stereocenters. The molecule has 1 aliphatic heterocycles. The minimum absolute atomic E-state index is 0.00812. The number of hydrogen-bond donors (Lipinski definition) is 0. The third-order valence-corrected chi connectivity index (χ3v) is 4.12. The highest BCUT2D eigenvalue weighted by Gasteiger charge is 2.31. The summed E-state index contributed by atoms with van der Waals surface area (Å²) in [5.74, 6) is 1.13. The van der Waals surface area contributed by atoms with E-state index in [-0.39, 0.29) is 11.8 Å². The summed E-state index contributed by atoms with van der Waals surface area (Å²) < 4.78 is 5.79. The van der Waals surface area contributed by atoms with Crippen molar-refractivity contribution >= 4 is 5.91 Å². The van der Waals surface area contributed by atoms with Gasteiger partial charge in [-0.15, -0.1) is 10.2 Å². The van der Waals surface area contributed by atoms with Crippen LogP contribution in [0.3, 0.4) is 0 Å². The zero-order valence-corrected chi connectivity index (χ0v) is 12.9. The van der Waals surface area contributed by atoms with Gasteiger partial charge in [-0.1, -0.05) is 0 Å². The van der Waals surface area contributed by atoms with E-state index in [0.29, 0.717) is 30.4 Å². The van der Waals surface area contributed by atoms with E-state index in [2.05, 4.69) is 20.2 Å². The zero-order valence-electron chi connectivity index (χ0n) is 12.9. The Balaban J connectivity index is 1.48. The van der Waals surface area contributed by atoms with E-state index in [1.165, 1.54) is 0 Å². The fourth-order valence-electron chi connectivity index (χ4n) is 2.83. The molecule has 120 valence electrons. The summed E-state index contributed by atoms with van der Waals surface area (Å²) in [6.07, 6.45) is 7.43. The van der Waals surface area contributed by atoms with E-state index in [0.717, 1.165) is 12.0 Å². The van der Waals surface area contributed by atoms with Gasteiger partial charge in [0, 0.05) is 49.0 Å². The van der Waals surface area contributed by atoms with Crippen LogP contribution in [0.25, 0.3) is 11.5 Å². The number of likely N-dealkylation sites (tertiary alicyclic amines) is 1. The van der Waals surface area contributed by atoms with Gasteiger partial charge in [-0.25, -0.2) is 0 Å². The van der Waals surface area contributed by atoms with Gasteiger partial charge < -0.3 is 9.32 Å². The highest BCUT2D eigenvalue weighted by Crippen LogP contribution is 2.29. The van der Waals surface area contributed by atoms with Crippen molar-refractivity contribution in [2.24, 2.45) is 0 Å². The molecule has 0 bridgehead atoms. The fraction of sp³-hybridized carbons (Fsp3) is 0.235. The number of nitrogens with zero attached hydrogens (tertiary/aromatic N) is 5. The lowest BCUT2D eigenvalue weighted by atomic mass is 10.1. The molecular formula is C17H15N5O2. The first-order chi connectivity index (χ1) is 11.8. The van der Waals surface area contributed by atoms with Gasteiger partial charge in [-0.3, -0.25) is 14.8 Å². The highest BCUT2D eigenvalue weighted by atomic mass is 16.4. The molecular weight excluding hydrogens is 306 g/mol. The molecule has 1 aliphatic rings. The molecule has 0 radical (unpaired) electrons. The van der Waals surface area contributed by atoms with Crippen molar-refractivity contribution in [3.8, 4) is 11.5 Å². The summed E-state index contributed by atoms with van der Waals surface area (Å²) in [5.41, 5.74) is 1.49. The minimum Gasteiger partial charge on any atom is -0.420 e. The second-order valence-electron chi connectivity index (χ2n) is 5.65. The smallest absolute Gasteiger partial charge is 0.253 e. The second-order valence-corrected chi connectivity index (χ2v) is 5.65. The SMILES string of the molecule is O=C(c1ccncc1)N1CC[C@H](c2nnc(-c3ccncc3)o2)C1. The molecule has 0 aliphatic carbocycles. The number of aromatic nitrogens is 4. The Bertz CT molecular complexity index is 834. The average molecular weight is 321 g/mol. The lowest BCUT2D eigenvalue weighted by molar-refractivity contribution is 0.0790. The summed E-state index contributed by atoms with van der Waals surface area (Å²) >= 11 is 0. The van der Waals surface area contributed by atoms with E-state index in [1.54, 1.807) is 36.9 Å². The molecule has 7 heteroatoms. The van der Waals surface area contributed by atoms with Crippen LogP contribution < -0.4 is 0 Å². The molecule has 7 nitrogen and oxygen atoms in total. The zero-order chi connectivity index (χ0) is 16.4. The number of amides is 1. The van der Waals surface area contributed by atoms with Crippen molar-refractivity contribution < 1.29 is 9.21 Å². The summed E-state index contributed by atoms with van der Waals surface area (Å²) in [5, 5.41) is 8.26. The van der Waals surface area contributed by atoms with Crippen LogP contribution in [0, 0.1) is 0 Å². The van der Waals surface area contributed by atoms with Crippen LogP contribution in [-0.4, -0.2) is 44.1 Å². The van der Waals surface area contributed by atoms with E-state index in [1.807, 2.05) is 17.0 Å². The predicted molar refractivity (Wildman–Crippen MR) is 85.0 cm³/mol. The summed E-state index contributed by atoms with van der Waals surface area (Å²) in [7, 11) is 0. The van der Waals surface area contributed by atoms with Crippen molar-refractivity contribution in [2.75, 3.05) is 13.1 Å². The molecule has 0 saturated carbocycles. The maximum absolute atomic E-state index is 12.5. The van der Waals surface area contributed by atoms with Crippen LogP contribution >= 0.6 is 0 Å². The molecule has 1 saturated heterocycles. The van der Waals surface area contributed by atoms with E-state index in [4.69, 9.17) is 4.42 Å². The molecule has 0 N–H and O–H groups in total. The van der Waals surface area contributed by atoms with Gasteiger partial charge in [0.05, 0.1) is 5.92 Å². The maximum Gasteiger partial charge on any atom is 0.253 e. The first kappa shape index (κ1) is 14.5. The van der Waals surface area contributed by atoms with Crippen LogP contribution in [0.2, 0.25) is 0 Å². The quantitative estimate of drug-likeness (QED) is 0.735. The molecule has 0 unspecified atom stereocenters. The Hall–Kier alpha value is -3.09. The van der Waals surface area contributed by atoms with Gasteiger partial charge in [0.25, 0.3) is 5.91 Å². The molecule has 3 aromatic rings. The normalized spacial score (nSPS) is 17.2. The van der Waals surface area contributed by atoms with E-state index >= 15 is 0 Å². The summed E-state index contributed by atoms with van der Waals surface area (Å²) in [6.45, 7) is 1.26. The van der Waals surface area contributed by atoms with E-state index < -0.39 is 0 Å². The van der Waals surface area contributed by atoms with Crippen LogP contribution in [0.4, 0.5) is 0 Å². The molecule has 0 aromatic carbocycles. The van der Waals surface area contributed by atoms with Gasteiger partial charge in [0.2, 0.25) is 11.8 Å². The average Bonchev–Trinajstić information content (AvgIpc) is 3.32. The Morgan fingerprint density at radius 3 is 2.50 bits per heavy atom. The topological polar surface area (TPSA) is 85.0 Å². The number of rotatable bonds is 3. The number of hydrogen-bond acceptors (Lipinski definition) is 6. The molecule has 1 fully saturated rings. The van der Waals surface area contributed by atoms with E-state index in [9.17, 15) is 4.79 Å². The minimum atomic E-state index is 0.00812. The monoisotopic (exact) mass is 321 g/mol.